The number of hydrogen-bond acceptors (Lipinski definition) is 6. The van der Waals surface area contributed by atoms with Gasteiger partial charge in [0.1, 0.15) is 26.9 Å². The molecule has 0 unspecified atom stereocenters. The number of halogens is 2. The summed E-state index contributed by atoms with van der Waals surface area (Å²) < 4.78 is 15.0. The Bertz CT molecular complexity index is 1210. The van der Waals surface area contributed by atoms with E-state index >= 15 is 0 Å². The van der Waals surface area contributed by atoms with Crippen molar-refractivity contribution >= 4 is 46.5 Å². The van der Waals surface area contributed by atoms with Crippen LogP contribution in [0.3, 0.4) is 0 Å². The highest BCUT2D eigenvalue weighted by atomic mass is 35.5. The number of carbonyl (C=O) groups is 2. The lowest BCUT2D eigenvalue weighted by Gasteiger charge is -2.33. The van der Waals surface area contributed by atoms with Gasteiger partial charge in [-0.3, -0.25) is 9.59 Å². The molecule has 1 N–H and O–H groups in total. The van der Waals surface area contributed by atoms with Crippen molar-refractivity contribution in [2.24, 2.45) is 0 Å². The van der Waals surface area contributed by atoms with Crippen molar-refractivity contribution in [1.82, 2.24) is 14.6 Å². The quantitative estimate of drug-likeness (QED) is 0.331. The van der Waals surface area contributed by atoms with E-state index in [1.165, 1.54) is 11.3 Å². The maximum absolute atomic E-state index is 13.9. The first-order valence-electron chi connectivity index (χ1n) is 12.1. The molecule has 0 spiro atoms. The zero-order valence-corrected chi connectivity index (χ0v) is 23.0. The third kappa shape index (κ3) is 6.55. The molecule has 0 radical (unpaired) electrons. The van der Waals surface area contributed by atoms with E-state index in [0.717, 1.165) is 42.8 Å². The molecule has 196 valence electrons. The SMILES string of the molecule is COc1ccc(CN(C(=O)c2nsc(Cl)c2Cl)[C@@H](C(=O)NC2CCCCC2)c2ccc(OC)cc2)cc1. The fourth-order valence-corrected chi connectivity index (χ4v) is 5.51. The van der Waals surface area contributed by atoms with Crippen LogP contribution in [0.15, 0.2) is 48.5 Å². The molecule has 0 saturated heterocycles. The molecule has 1 fully saturated rings. The first-order valence-corrected chi connectivity index (χ1v) is 13.6. The molecule has 3 aromatic rings. The Labute approximate surface area is 230 Å². The predicted octanol–water partition coefficient (Wildman–Crippen LogP) is 6.30. The summed E-state index contributed by atoms with van der Waals surface area (Å²) in [6, 6.07) is 13.6. The molecular weight excluding hydrogens is 533 g/mol. The average molecular weight is 563 g/mol. The number of hydrogen-bond donors (Lipinski definition) is 1. The highest BCUT2D eigenvalue weighted by Crippen LogP contribution is 2.34. The first-order chi connectivity index (χ1) is 17.9. The van der Waals surface area contributed by atoms with Gasteiger partial charge in [0.05, 0.1) is 14.2 Å². The lowest BCUT2D eigenvalue weighted by molar-refractivity contribution is -0.127. The van der Waals surface area contributed by atoms with Crippen LogP contribution in [0.5, 0.6) is 11.5 Å². The van der Waals surface area contributed by atoms with Gasteiger partial charge in [0.2, 0.25) is 5.91 Å². The maximum Gasteiger partial charge on any atom is 0.276 e. The van der Waals surface area contributed by atoms with Crippen LogP contribution in [0.4, 0.5) is 0 Å². The van der Waals surface area contributed by atoms with Gasteiger partial charge in [-0.15, -0.1) is 0 Å². The van der Waals surface area contributed by atoms with Crippen LogP contribution in [0.2, 0.25) is 9.36 Å². The van der Waals surface area contributed by atoms with E-state index in [2.05, 4.69) is 9.69 Å². The van der Waals surface area contributed by atoms with Crippen molar-refractivity contribution < 1.29 is 19.1 Å². The summed E-state index contributed by atoms with van der Waals surface area (Å²) in [6.45, 7) is 0.142. The number of rotatable bonds is 9. The van der Waals surface area contributed by atoms with Gasteiger partial charge in [-0.05, 0) is 59.8 Å². The summed E-state index contributed by atoms with van der Waals surface area (Å²) in [5, 5.41) is 3.28. The molecule has 1 saturated carbocycles. The van der Waals surface area contributed by atoms with Crippen LogP contribution >= 0.6 is 34.7 Å². The second-order valence-electron chi connectivity index (χ2n) is 8.92. The summed E-state index contributed by atoms with van der Waals surface area (Å²) in [5.74, 6) is 0.607. The fourth-order valence-electron chi connectivity index (χ4n) is 4.52. The Morgan fingerprint density at radius 3 is 2.14 bits per heavy atom. The summed E-state index contributed by atoms with van der Waals surface area (Å²) in [6.07, 6.45) is 5.14. The minimum atomic E-state index is -0.932. The standard InChI is InChI=1S/C27H29Cl2N3O4S/c1-35-20-12-8-17(9-13-20)16-32(27(34)23-22(28)25(29)37-31-23)24(18-10-14-21(36-2)15-11-18)26(33)30-19-6-4-3-5-7-19/h8-15,19,24H,3-7,16H2,1-2H3,(H,30,33)/t24-/m1/s1. The Morgan fingerprint density at radius 1 is 1.00 bits per heavy atom. The number of nitrogens with one attached hydrogen (secondary N) is 1. The van der Waals surface area contributed by atoms with E-state index in [0.29, 0.717) is 17.1 Å². The van der Waals surface area contributed by atoms with Gasteiger partial charge in [-0.25, -0.2) is 0 Å². The third-order valence-corrected chi connectivity index (χ3v) is 8.13. The summed E-state index contributed by atoms with van der Waals surface area (Å²) >= 11 is 13.4. The van der Waals surface area contributed by atoms with Crippen LogP contribution in [-0.2, 0) is 11.3 Å². The highest BCUT2D eigenvalue weighted by molar-refractivity contribution is 7.11. The monoisotopic (exact) mass is 561 g/mol. The summed E-state index contributed by atoms with van der Waals surface area (Å²) in [5.41, 5.74) is 1.48. The zero-order chi connectivity index (χ0) is 26.4. The molecule has 7 nitrogen and oxygen atoms in total. The lowest BCUT2D eigenvalue weighted by atomic mass is 9.94. The van der Waals surface area contributed by atoms with Crippen LogP contribution in [0.1, 0.15) is 59.8 Å². The van der Waals surface area contributed by atoms with Gasteiger partial charge in [-0.2, -0.15) is 4.37 Å². The molecule has 37 heavy (non-hydrogen) atoms. The predicted molar refractivity (Wildman–Crippen MR) is 146 cm³/mol. The normalized spacial score (nSPS) is 14.6. The Hall–Kier alpha value is -2.81. The van der Waals surface area contributed by atoms with Crippen LogP contribution in [0.25, 0.3) is 0 Å². The van der Waals surface area contributed by atoms with E-state index in [1.54, 1.807) is 38.5 Å². The van der Waals surface area contributed by atoms with Gasteiger partial charge < -0.3 is 19.7 Å². The first kappa shape index (κ1) is 27.2. The highest BCUT2D eigenvalue weighted by Gasteiger charge is 2.35. The van der Waals surface area contributed by atoms with Crippen LogP contribution in [0, 0.1) is 0 Å². The molecule has 1 aromatic heterocycles. The largest absolute Gasteiger partial charge is 0.497 e. The second kappa shape index (κ2) is 12.6. The molecule has 1 aliphatic carbocycles. The molecular formula is C27H29Cl2N3O4S. The number of benzene rings is 2. The van der Waals surface area contributed by atoms with Crippen molar-refractivity contribution in [2.75, 3.05) is 14.2 Å². The van der Waals surface area contributed by atoms with Crippen molar-refractivity contribution in [3.8, 4) is 11.5 Å². The topological polar surface area (TPSA) is 80.8 Å². The van der Waals surface area contributed by atoms with Gasteiger partial charge in [0.25, 0.3) is 5.91 Å². The average Bonchev–Trinajstić information content (AvgIpc) is 3.27. The molecule has 4 rings (SSSR count). The molecule has 10 heteroatoms. The van der Waals surface area contributed by atoms with Gasteiger partial charge in [0, 0.05) is 12.6 Å². The lowest BCUT2D eigenvalue weighted by Crippen LogP contribution is -2.47. The molecule has 0 bridgehead atoms. The smallest absolute Gasteiger partial charge is 0.276 e. The van der Waals surface area contributed by atoms with E-state index in [9.17, 15) is 9.59 Å². The van der Waals surface area contributed by atoms with E-state index in [4.69, 9.17) is 32.7 Å². The summed E-state index contributed by atoms with van der Waals surface area (Å²) in [7, 11) is 3.17. The van der Waals surface area contributed by atoms with Gasteiger partial charge >= 0.3 is 0 Å². The second-order valence-corrected chi connectivity index (χ2v) is 10.7. The zero-order valence-electron chi connectivity index (χ0n) is 20.7. The molecule has 2 amide bonds. The van der Waals surface area contributed by atoms with Gasteiger partial charge in [-0.1, -0.05) is 66.7 Å². The van der Waals surface area contributed by atoms with Crippen LogP contribution in [-0.4, -0.2) is 41.3 Å². The minimum absolute atomic E-state index is 0.0224. The van der Waals surface area contributed by atoms with Crippen LogP contribution < -0.4 is 14.8 Å². The molecule has 1 heterocycles. The number of methoxy groups -OCH3 is 2. The Kier molecular flexibility index (Phi) is 9.29. The number of ether oxygens (including phenoxy) is 2. The molecule has 1 atom stereocenters. The fraction of sp³-hybridized carbons (Fsp3) is 0.370. The van der Waals surface area contributed by atoms with Crippen molar-refractivity contribution in [3.63, 3.8) is 0 Å². The Morgan fingerprint density at radius 2 is 1.59 bits per heavy atom. The van der Waals surface area contributed by atoms with Crippen molar-refractivity contribution in [1.29, 1.82) is 0 Å². The summed E-state index contributed by atoms with van der Waals surface area (Å²) in [4.78, 5) is 29.3. The Balaban J connectivity index is 1.76. The van der Waals surface area contributed by atoms with Gasteiger partial charge in [0.15, 0.2) is 5.69 Å². The van der Waals surface area contributed by atoms with E-state index in [1.807, 2.05) is 24.3 Å². The minimum Gasteiger partial charge on any atom is -0.497 e. The van der Waals surface area contributed by atoms with E-state index < -0.39 is 11.9 Å². The third-order valence-electron chi connectivity index (χ3n) is 6.52. The molecule has 2 aromatic carbocycles. The number of amides is 2. The number of carbonyl (C=O) groups excluding carboxylic acids is 2. The van der Waals surface area contributed by atoms with E-state index in [-0.39, 0.29) is 33.5 Å². The molecule has 0 aliphatic heterocycles. The maximum atomic E-state index is 13.9. The molecule has 1 aliphatic rings. The van der Waals surface area contributed by atoms with Crippen molar-refractivity contribution in [3.05, 3.63) is 74.7 Å². The number of nitrogens with zero attached hydrogens (tertiary/aromatic N) is 2. The van der Waals surface area contributed by atoms with Crippen molar-refractivity contribution in [2.45, 2.75) is 50.7 Å². The number of aromatic nitrogens is 1.